The van der Waals surface area contributed by atoms with Gasteiger partial charge in [-0.15, -0.1) is 0 Å². The minimum absolute atomic E-state index is 0.977. The molecule has 0 N–H and O–H groups in total. The van der Waals surface area contributed by atoms with Gasteiger partial charge in [0.05, 0.1) is 0 Å². The van der Waals surface area contributed by atoms with Gasteiger partial charge < -0.3 is 0 Å². The van der Waals surface area contributed by atoms with Gasteiger partial charge in [0.2, 0.25) is 0 Å². The first kappa shape index (κ1) is 18.7. The van der Waals surface area contributed by atoms with Crippen LogP contribution >= 0.6 is 12.6 Å². The van der Waals surface area contributed by atoms with Gasteiger partial charge in [0.25, 0.3) is 0 Å². The van der Waals surface area contributed by atoms with Crippen LogP contribution in [-0.4, -0.2) is 6.26 Å². The molecule has 0 radical (unpaired) electrons. The van der Waals surface area contributed by atoms with Gasteiger partial charge in [-0.1, -0.05) is 66.7 Å². The highest BCUT2D eigenvalue weighted by Gasteiger charge is 2.25. The number of hydrogen-bond acceptors (Lipinski definition) is 1. The topological polar surface area (TPSA) is 0 Å². The minimum Gasteiger partial charge on any atom is -0.183 e. The van der Waals surface area contributed by atoms with Gasteiger partial charge in [0.1, 0.15) is 0 Å². The molecule has 0 nitrogen and oxygen atoms in total. The van der Waals surface area contributed by atoms with Crippen LogP contribution in [-0.2, 0) is 0 Å². The molecular weight excluding hydrogens is 212 g/mol. The van der Waals surface area contributed by atoms with E-state index in [0.717, 1.165) is 17.8 Å². The molecule has 3 unspecified atom stereocenters. The molecule has 16 heavy (non-hydrogen) atoms. The Balaban J connectivity index is 0. The molecule has 1 rings (SSSR count). The summed E-state index contributed by atoms with van der Waals surface area (Å²) in [5, 5.41) is 0. The molecule has 1 aliphatic rings. The maximum absolute atomic E-state index is 3.53. The summed E-state index contributed by atoms with van der Waals surface area (Å²) in [4.78, 5) is 0. The third-order valence-corrected chi connectivity index (χ3v) is 3.65. The van der Waals surface area contributed by atoms with E-state index in [0.29, 0.717) is 0 Å². The van der Waals surface area contributed by atoms with E-state index in [2.05, 4.69) is 33.4 Å². The second kappa shape index (κ2) is 13.4. The lowest BCUT2D eigenvalue weighted by Crippen LogP contribution is -2.23. The van der Waals surface area contributed by atoms with E-state index in [1.807, 2.05) is 13.8 Å². The second-order valence-electron chi connectivity index (χ2n) is 4.69. The zero-order valence-corrected chi connectivity index (χ0v) is 13.3. The SMILES string of the molecule is CC.CCCC(C)C1CCCCC1C.CS. The maximum Gasteiger partial charge on any atom is -0.0215 e. The van der Waals surface area contributed by atoms with E-state index in [1.54, 1.807) is 6.26 Å². The minimum atomic E-state index is 0.977. The van der Waals surface area contributed by atoms with Gasteiger partial charge in [-0.05, 0) is 30.4 Å². The molecular formula is C15H34S. The summed E-state index contributed by atoms with van der Waals surface area (Å²) in [6.07, 6.45) is 10.5. The largest absolute Gasteiger partial charge is 0.183 e. The standard InChI is InChI=1S/C12H24.C2H6.CH4S/c1-4-7-10(2)12-9-6-5-8-11(12)3;2*1-2/h10-12H,4-9H2,1-3H3;1-2H3;2H,1H3. The van der Waals surface area contributed by atoms with E-state index in [4.69, 9.17) is 0 Å². The Bertz CT molecular complexity index is 123. The zero-order valence-electron chi connectivity index (χ0n) is 12.4. The lowest BCUT2D eigenvalue weighted by Gasteiger charge is -2.33. The molecule has 0 saturated heterocycles. The quantitative estimate of drug-likeness (QED) is 0.596. The van der Waals surface area contributed by atoms with Gasteiger partial charge in [-0.2, -0.15) is 12.6 Å². The Morgan fingerprint density at radius 2 is 1.62 bits per heavy atom. The highest BCUT2D eigenvalue weighted by Crippen LogP contribution is 2.36. The second-order valence-corrected chi connectivity index (χ2v) is 4.69. The first-order chi connectivity index (χ1) is 7.75. The van der Waals surface area contributed by atoms with Crippen LogP contribution < -0.4 is 0 Å². The smallest absolute Gasteiger partial charge is 0.0215 e. The zero-order chi connectivity index (χ0) is 13.0. The number of hydrogen-bond donors (Lipinski definition) is 1. The Kier molecular flexibility index (Phi) is 15.7. The summed E-state index contributed by atoms with van der Waals surface area (Å²) in [5.41, 5.74) is 0. The maximum atomic E-state index is 3.53. The van der Waals surface area contributed by atoms with Crippen LogP contribution in [0.15, 0.2) is 0 Å². The Morgan fingerprint density at radius 3 is 2.06 bits per heavy atom. The third-order valence-electron chi connectivity index (χ3n) is 3.65. The van der Waals surface area contributed by atoms with Crippen LogP contribution in [0, 0.1) is 17.8 Å². The molecule has 0 aliphatic heterocycles. The van der Waals surface area contributed by atoms with E-state index in [9.17, 15) is 0 Å². The molecule has 1 fully saturated rings. The van der Waals surface area contributed by atoms with Crippen LogP contribution in [0.2, 0.25) is 0 Å². The summed E-state index contributed by atoms with van der Waals surface area (Å²) in [6, 6.07) is 0. The number of thiol groups is 1. The predicted molar refractivity (Wildman–Crippen MR) is 81.5 cm³/mol. The highest BCUT2D eigenvalue weighted by atomic mass is 32.1. The Morgan fingerprint density at radius 1 is 1.12 bits per heavy atom. The molecule has 0 amide bonds. The van der Waals surface area contributed by atoms with Crippen LogP contribution in [0.25, 0.3) is 0 Å². The van der Waals surface area contributed by atoms with Crippen molar-refractivity contribution in [2.75, 3.05) is 6.26 Å². The van der Waals surface area contributed by atoms with Crippen molar-refractivity contribution in [1.82, 2.24) is 0 Å². The van der Waals surface area contributed by atoms with Crippen molar-refractivity contribution in [3.8, 4) is 0 Å². The first-order valence-corrected chi connectivity index (χ1v) is 8.09. The van der Waals surface area contributed by atoms with Gasteiger partial charge in [0.15, 0.2) is 0 Å². The summed E-state index contributed by atoms with van der Waals surface area (Å²) in [7, 11) is 0. The van der Waals surface area contributed by atoms with Crippen LogP contribution in [0.1, 0.15) is 73.1 Å². The summed E-state index contributed by atoms with van der Waals surface area (Å²) in [5.74, 6) is 3.02. The van der Waals surface area contributed by atoms with Crippen molar-refractivity contribution in [1.29, 1.82) is 0 Å². The molecule has 100 valence electrons. The molecule has 0 heterocycles. The summed E-state index contributed by atoms with van der Waals surface area (Å²) in [6.45, 7) is 11.2. The van der Waals surface area contributed by atoms with E-state index in [-0.39, 0.29) is 0 Å². The molecule has 3 atom stereocenters. The molecule has 0 aromatic carbocycles. The molecule has 0 spiro atoms. The molecule has 1 heteroatoms. The van der Waals surface area contributed by atoms with Crippen molar-refractivity contribution in [2.24, 2.45) is 17.8 Å². The van der Waals surface area contributed by atoms with Crippen molar-refractivity contribution < 1.29 is 0 Å². The van der Waals surface area contributed by atoms with Gasteiger partial charge >= 0.3 is 0 Å². The molecule has 0 bridgehead atoms. The Hall–Kier alpha value is 0.350. The van der Waals surface area contributed by atoms with Crippen molar-refractivity contribution >= 4 is 12.6 Å². The summed E-state index contributed by atoms with van der Waals surface area (Å²) >= 11 is 3.53. The van der Waals surface area contributed by atoms with Crippen LogP contribution in [0.3, 0.4) is 0 Å². The normalized spacial score (nSPS) is 25.7. The molecule has 0 aromatic rings. The Labute approximate surface area is 110 Å². The van der Waals surface area contributed by atoms with E-state index < -0.39 is 0 Å². The summed E-state index contributed by atoms with van der Waals surface area (Å²) < 4.78 is 0. The predicted octanol–water partition coefficient (Wildman–Crippen LogP) is 5.82. The highest BCUT2D eigenvalue weighted by molar-refractivity contribution is 7.79. The molecule has 1 aliphatic carbocycles. The van der Waals surface area contributed by atoms with E-state index in [1.165, 1.54) is 38.5 Å². The van der Waals surface area contributed by atoms with Crippen molar-refractivity contribution in [2.45, 2.75) is 73.1 Å². The van der Waals surface area contributed by atoms with E-state index >= 15 is 0 Å². The third kappa shape index (κ3) is 7.60. The van der Waals surface area contributed by atoms with Gasteiger partial charge in [-0.3, -0.25) is 0 Å². The number of rotatable bonds is 3. The van der Waals surface area contributed by atoms with Gasteiger partial charge in [-0.25, -0.2) is 0 Å². The molecule has 0 aromatic heterocycles. The van der Waals surface area contributed by atoms with Crippen molar-refractivity contribution in [3.63, 3.8) is 0 Å². The van der Waals surface area contributed by atoms with Crippen LogP contribution in [0.4, 0.5) is 0 Å². The molecule has 1 saturated carbocycles. The first-order valence-electron chi connectivity index (χ1n) is 7.20. The lowest BCUT2D eigenvalue weighted by atomic mass is 9.73. The lowest BCUT2D eigenvalue weighted by molar-refractivity contribution is 0.177. The van der Waals surface area contributed by atoms with Gasteiger partial charge in [0, 0.05) is 0 Å². The fraction of sp³-hybridized carbons (Fsp3) is 1.00. The average Bonchev–Trinajstić information content (AvgIpc) is 2.35. The van der Waals surface area contributed by atoms with Crippen LogP contribution in [0.5, 0.6) is 0 Å². The average molecular weight is 247 g/mol. The fourth-order valence-electron chi connectivity index (χ4n) is 2.86. The fourth-order valence-corrected chi connectivity index (χ4v) is 2.86. The monoisotopic (exact) mass is 246 g/mol. The van der Waals surface area contributed by atoms with Crippen molar-refractivity contribution in [3.05, 3.63) is 0 Å².